The average Bonchev–Trinajstić information content (AvgIpc) is 3.40. The molecule has 0 saturated carbocycles. The molecule has 4 saturated heterocycles. The molecule has 7 unspecified atom stereocenters. The zero-order valence-electron chi connectivity index (χ0n) is 29.2. The first-order valence-electron chi connectivity index (χ1n) is 17.9. The molecule has 0 aromatic rings. The molecule has 0 bridgehead atoms. The minimum Gasteiger partial charge on any atom is -0.394 e. The van der Waals surface area contributed by atoms with Gasteiger partial charge in [0, 0.05) is 26.4 Å². The van der Waals surface area contributed by atoms with Gasteiger partial charge in [0.2, 0.25) is 0 Å². The van der Waals surface area contributed by atoms with Crippen molar-refractivity contribution in [3.63, 3.8) is 0 Å². The molecule has 53 heavy (non-hydrogen) atoms. The normalized spacial score (nSPS) is 46.5. The zero-order chi connectivity index (χ0) is 39.0. The lowest BCUT2D eigenvalue weighted by Crippen LogP contribution is -2.59. The van der Waals surface area contributed by atoms with Gasteiger partial charge in [-0.15, -0.1) is 0 Å². The predicted molar refractivity (Wildman–Crippen MR) is 172 cm³/mol. The number of aliphatic hydroxyl groups is 14. The van der Waals surface area contributed by atoms with Gasteiger partial charge in [0.25, 0.3) is 0 Å². The monoisotopic (exact) mass is 778 g/mol. The molecule has 0 aromatic carbocycles. The fourth-order valence-corrected chi connectivity index (χ4v) is 7.07. The first kappa shape index (κ1) is 44.9. The Balaban J connectivity index is 1.16. The minimum absolute atomic E-state index is 0.00802. The third kappa shape index (κ3) is 10.6. The van der Waals surface area contributed by atoms with Gasteiger partial charge in [-0.2, -0.15) is 0 Å². The molecule has 4 fully saturated rings. The van der Waals surface area contributed by atoms with Gasteiger partial charge < -0.3 is 105 Å². The smallest absolute Gasteiger partial charge is 0.143 e. The first-order valence-corrected chi connectivity index (χ1v) is 17.9. The van der Waals surface area contributed by atoms with E-state index in [0.29, 0.717) is 0 Å². The molecular weight excluding hydrogens is 720 g/mol. The van der Waals surface area contributed by atoms with Crippen LogP contribution in [0.1, 0.15) is 25.7 Å². The van der Waals surface area contributed by atoms with E-state index in [0.717, 1.165) is 0 Å². The molecule has 0 amide bonds. The molecule has 14 N–H and O–H groups in total. The second kappa shape index (κ2) is 20.5. The summed E-state index contributed by atoms with van der Waals surface area (Å²) in [6.07, 6.45) is -23.2. The summed E-state index contributed by atoms with van der Waals surface area (Å²) < 4.78 is 39.2. The van der Waals surface area contributed by atoms with Crippen LogP contribution in [0.5, 0.6) is 0 Å². The van der Waals surface area contributed by atoms with Crippen LogP contribution in [0, 0.1) is 0 Å². The molecule has 21 heteroatoms. The summed E-state index contributed by atoms with van der Waals surface area (Å²) in [5.74, 6) is 0. The third-order valence-corrected chi connectivity index (χ3v) is 10.5. The molecule has 4 heterocycles. The van der Waals surface area contributed by atoms with Crippen LogP contribution < -0.4 is 0 Å². The fraction of sp³-hybridized carbons (Fsp3) is 1.00. The van der Waals surface area contributed by atoms with E-state index in [1.54, 1.807) is 0 Å². The number of ether oxygens (including phenoxy) is 7. The molecule has 0 aromatic heterocycles. The molecule has 0 aliphatic carbocycles. The van der Waals surface area contributed by atoms with Gasteiger partial charge >= 0.3 is 0 Å². The average molecular weight is 779 g/mol. The van der Waals surface area contributed by atoms with E-state index in [9.17, 15) is 71.5 Å². The van der Waals surface area contributed by atoms with Crippen molar-refractivity contribution in [3.05, 3.63) is 0 Å². The SMILES string of the molecule is OCC1OC(CCOCCC2OC(CCOCCC3OC(COC[C@]4(CO)OC(CO)[C@H](O)[C@H]4O)[C@@H](O)[C@H](O)[C@@H]3O)[C@@H](O)[C@H](O)[C@H]2O)[C@@H](O)[C@H](O)[C@H]1O. The summed E-state index contributed by atoms with van der Waals surface area (Å²) in [6.45, 7) is -2.65. The second-order valence-corrected chi connectivity index (χ2v) is 14.1. The molecule has 312 valence electrons. The molecule has 0 spiro atoms. The van der Waals surface area contributed by atoms with Crippen LogP contribution >= 0.6 is 0 Å². The Kier molecular flexibility index (Phi) is 17.4. The van der Waals surface area contributed by atoms with Gasteiger partial charge in [0.15, 0.2) is 0 Å². The predicted octanol–water partition coefficient (Wildman–Crippen LogP) is -8.02. The summed E-state index contributed by atoms with van der Waals surface area (Å²) in [5.41, 5.74) is -1.75. The van der Waals surface area contributed by atoms with Crippen LogP contribution in [0.2, 0.25) is 0 Å². The highest BCUT2D eigenvalue weighted by molar-refractivity contribution is 5.02. The number of aliphatic hydroxyl groups excluding tert-OH is 14. The van der Waals surface area contributed by atoms with Crippen molar-refractivity contribution in [1.82, 2.24) is 0 Å². The van der Waals surface area contributed by atoms with Gasteiger partial charge in [-0.1, -0.05) is 0 Å². The van der Waals surface area contributed by atoms with Crippen molar-refractivity contribution < 1.29 is 105 Å². The standard InChI is InChI=1S/C32H58O21/c33-9-18-25(40)29(44)23(38)16(51-18)3-7-47-5-1-14-21(36)28(43)22(37)15(50-14)2-6-48-8-4-17-24(39)30(45)26(41)20(52-17)11-49-13-32(12-35)31(46)27(42)19(10-34)53-32/h14-31,33-46H,1-13H2/t14?,15?,16?,17?,18?,19?,20?,21-,22+,23+,24+,25-,26+,27-,28+,29-,30+,31+,32-/m0/s1. The molecule has 4 rings (SSSR count). The van der Waals surface area contributed by atoms with E-state index in [-0.39, 0.29) is 58.7 Å². The van der Waals surface area contributed by atoms with Crippen LogP contribution in [-0.2, 0) is 33.2 Å². The maximum atomic E-state index is 10.5. The summed E-state index contributed by atoms with van der Waals surface area (Å²) in [5, 5.41) is 142. The molecule has 0 radical (unpaired) electrons. The summed E-state index contributed by atoms with van der Waals surface area (Å²) in [7, 11) is 0. The van der Waals surface area contributed by atoms with Gasteiger partial charge in [-0.3, -0.25) is 0 Å². The Bertz CT molecular complexity index is 1060. The van der Waals surface area contributed by atoms with Crippen molar-refractivity contribution in [1.29, 1.82) is 0 Å². The fourth-order valence-electron chi connectivity index (χ4n) is 7.07. The van der Waals surface area contributed by atoms with E-state index in [2.05, 4.69) is 0 Å². The molecular formula is C32H58O21. The van der Waals surface area contributed by atoms with E-state index in [4.69, 9.17) is 33.2 Å². The largest absolute Gasteiger partial charge is 0.394 e. The van der Waals surface area contributed by atoms with Crippen molar-refractivity contribution in [2.45, 2.75) is 141 Å². The number of hydrogen-bond donors (Lipinski definition) is 14. The van der Waals surface area contributed by atoms with Crippen LogP contribution in [0.15, 0.2) is 0 Å². The molecule has 4 aliphatic rings. The highest BCUT2D eigenvalue weighted by Gasteiger charge is 2.54. The first-order chi connectivity index (χ1) is 25.2. The van der Waals surface area contributed by atoms with Crippen LogP contribution in [0.25, 0.3) is 0 Å². The lowest BCUT2D eigenvalue weighted by atomic mass is 9.92. The lowest BCUT2D eigenvalue weighted by Gasteiger charge is -2.41. The van der Waals surface area contributed by atoms with Gasteiger partial charge in [0.05, 0.1) is 57.5 Å². The Morgan fingerprint density at radius 3 is 1.13 bits per heavy atom. The molecule has 21 nitrogen and oxygen atoms in total. The maximum Gasteiger partial charge on any atom is 0.143 e. The third-order valence-electron chi connectivity index (χ3n) is 10.5. The van der Waals surface area contributed by atoms with E-state index < -0.39 is 142 Å². The van der Waals surface area contributed by atoms with E-state index >= 15 is 0 Å². The Morgan fingerprint density at radius 1 is 0.396 bits per heavy atom. The molecule has 4 aliphatic heterocycles. The Morgan fingerprint density at radius 2 is 0.755 bits per heavy atom. The quantitative estimate of drug-likeness (QED) is 0.0541. The number of rotatable bonds is 19. The topological polar surface area (TPSA) is 348 Å². The minimum atomic E-state index is -1.75. The van der Waals surface area contributed by atoms with Crippen molar-refractivity contribution in [2.75, 3.05) is 59.5 Å². The van der Waals surface area contributed by atoms with Crippen molar-refractivity contribution >= 4 is 0 Å². The highest BCUT2D eigenvalue weighted by atomic mass is 16.6. The summed E-state index contributed by atoms with van der Waals surface area (Å²) >= 11 is 0. The zero-order valence-corrected chi connectivity index (χ0v) is 29.2. The van der Waals surface area contributed by atoms with E-state index in [1.807, 2.05) is 0 Å². The summed E-state index contributed by atoms with van der Waals surface area (Å²) in [4.78, 5) is 0. The van der Waals surface area contributed by atoms with E-state index in [1.165, 1.54) is 0 Å². The van der Waals surface area contributed by atoms with Crippen LogP contribution in [-0.4, -0.2) is 246 Å². The maximum absolute atomic E-state index is 10.5. The van der Waals surface area contributed by atoms with Gasteiger partial charge in [-0.05, 0) is 25.7 Å². The van der Waals surface area contributed by atoms with Crippen LogP contribution in [0.4, 0.5) is 0 Å². The van der Waals surface area contributed by atoms with Gasteiger partial charge in [0.1, 0.15) is 91.1 Å². The second-order valence-electron chi connectivity index (χ2n) is 14.1. The number of hydrogen-bond acceptors (Lipinski definition) is 21. The molecule has 19 atom stereocenters. The van der Waals surface area contributed by atoms with Gasteiger partial charge in [-0.25, -0.2) is 0 Å². The Hall–Kier alpha value is -0.840. The van der Waals surface area contributed by atoms with Crippen LogP contribution in [0.3, 0.4) is 0 Å². The van der Waals surface area contributed by atoms with Crippen molar-refractivity contribution in [3.8, 4) is 0 Å². The Labute approximate surface area is 305 Å². The van der Waals surface area contributed by atoms with Crippen molar-refractivity contribution in [2.24, 2.45) is 0 Å². The highest BCUT2D eigenvalue weighted by Crippen LogP contribution is 2.32. The lowest BCUT2D eigenvalue weighted by molar-refractivity contribution is -0.241. The summed E-state index contributed by atoms with van der Waals surface area (Å²) in [6, 6.07) is 0.